The number of halogens is 2. The van der Waals surface area contributed by atoms with Gasteiger partial charge >= 0.3 is 6.09 Å². The number of unbranched alkanes of at least 4 members (excludes halogenated alkanes) is 1. The zero-order chi connectivity index (χ0) is 35.7. The lowest BCUT2D eigenvalue weighted by Crippen LogP contribution is -2.48. The van der Waals surface area contributed by atoms with E-state index in [0.717, 1.165) is 30.5 Å². The number of alkyl halides is 1. The molecule has 1 aliphatic carbocycles. The summed E-state index contributed by atoms with van der Waals surface area (Å²) in [6.07, 6.45) is 2.28. The van der Waals surface area contributed by atoms with Gasteiger partial charge in [-0.1, -0.05) is 37.5 Å². The summed E-state index contributed by atoms with van der Waals surface area (Å²) >= 11 is 7.03. The number of rotatable bonds is 13. The van der Waals surface area contributed by atoms with E-state index in [1.807, 2.05) is 20.8 Å². The summed E-state index contributed by atoms with van der Waals surface area (Å²) in [7, 11) is -2.46. The van der Waals surface area contributed by atoms with Crippen LogP contribution in [0.1, 0.15) is 69.9 Å². The third kappa shape index (κ3) is 8.49. The van der Waals surface area contributed by atoms with Gasteiger partial charge in [-0.05, 0) is 83.1 Å². The van der Waals surface area contributed by atoms with Crippen molar-refractivity contribution in [1.29, 1.82) is 0 Å². The van der Waals surface area contributed by atoms with E-state index < -0.39 is 26.6 Å². The molecule has 1 amide bonds. The minimum absolute atomic E-state index is 0.149. The quantitative estimate of drug-likeness (QED) is 0.132. The van der Waals surface area contributed by atoms with E-state index >= 15 is 4.39 Å². The Morgan fingerprint density at radius 3 is 2.45 bits per heavy atom. The fourth-order valence-corrected chi connectivity index (χ4v) is 7.05. The Morgan fingerprint density at radius 2 is 1.84 bits per heavy atom. The van der Waals surface area contributed by atoms with E-state index in [-0.39, 0.29) is 11.6 Å². The molecule has 2 atom stereocenters. The maximum Gasteiger partial charge on any atom is 0.404 e. The molecule has 3 N–H and O–H groups in total. The Balaban J connectivity index is 1.59. The average molecular weight is 717 g/mol. The molecule has 49 heavy (non-hydrogen) atoms. The summed E-state index contributed by atoms with van der Waals surface area (Å²) < 4.78 is 39.4. The summed E-state index contributed by atoms with van der Waals surface area (Å²) in [4.78, 5) is 23.4. The first-order chi connectivity index (χ1) is 23.1. The highest BCUT2D eigenvalue weighted by molar-refractivity contribution is 6.74. The van der Waals surface area contributed by atoms with Crippen molar-refractivity contribution in [2.24, 2.45) is 5.73 Å². The predicted molar refractivity (Wildman–Crippen MR) is 192 cm³/mol. The summed E-state index contributed by atoms with van der Waals surface area (Å²) in [5, 5.41) is 7.89. The summed E-state index contributed by atoms with van der Waals surface area (Å²) in [6, 6.07) is 3.63. The molecule has 1 saturated heterocycles. The van der Waals surface area contributed by atoms with Gasteiger partial charge in [-0.2, -0.15) is 0 Å². The number of nitrogens with one attached hydrogen (secondary N) is 1. The molecular weight excluding hydrogens is 667 g/mol. The van der Waals surface area contributed by atoms with E-state index in [4.69, 9.17) is 45.7 Å². The molecule has 3 aromatic rings. The van der Waals surface area contributed by atoms with Gasteiger partial charge in [-0.15, -0.1) is 0 Å². The van der Waals surface area contributed by atoms with Gasteiger partial charge in [-0.25, -0.2) is 19.2 Å². The molecule has 2 aromatic heterocycles. The molecule has 0 spiro atoms. The Bertz CT molecular complexity index is 1640. The molecule has 1 aliphatic heterocycles. The van der Waals surface area contributed by atoms with Crippen molar-refractivity contribution in [1.82, 2.24) is 20.0 Å². The number of carbonyl (C=O) groups is 1. The first-order valence-corrected chi connectivity index (χ1v) is 20.4. The van der Waals surface area contributed by atoms with Gasteiger partial charge < -0.3 is 29.5 Å². The molecule has 268 valence electrons. The molecule has 1 saturated carbocycles. The zero-order valence-electron chi connectivity index (χ0n) is 29.9. The summed E-state index contributed by atoms with van der Waals surface area (Å²) in [6.45, 7) is 18.2. The van der Waals surface area contributed by atoms with Crippen LogP contribution in [0.25, 0.3) is 22.6 Å². The minimum Gasteiger partial charge on any atom is -0.540 e. The number of carbonyl (C=O) groups excluding carboxylic acids is 1. The molecule has 1 aromatic carbocycles. The highest BCUT2D eigenvalue weighted by Crippen LogP contribution is 2.48. The number of piperidine rings is 1. The van der Waals surface area contributed by atoms with Crippen molar-refractivity contribution < 1.29 is 27.6 Å². The smallest absolute Gasteiger partial charge is 0.404 e. The van der Waals surface area contributed by atoms with Gasteiger partial charge in [0.1, 0.15) is 17.7 Å². The summed E-state index contributed by atoms with van der Waals surface area (Å²) in [5.74, 6) is 2.39. The number of ether oxygens (including phenoxy) is 2. The molecule has 14 heteroatoms. The number of nitrogens with two attached hydrogens (primary N) is 1. The van der Waals surface area contributed by atoms with Crippen molar-refractivity contribution in [3.05, 3.63) is 34.2 Å². The lowest BCUT2D eigenvalue weighted by Gasteiger charge is -2.37. The molecule has 2 fully saturated rings. The molecular formula is C35H50ClFN6O5Si. The van der Waals surface area contributed by atoms with Gasteiger partial charge in [0, 0.05) is 24.7 Å². The number of hydrogen-bond donors (Lipinski definition) is 2. The van der Waals surface area contributed by atoms with E-state index in [9.17, 15) is 4.79 Å². The third-order valence-corrected chi connectivity index (χ3v) is 14.5. The molecule has 5 rings (SSSR count). The molecule has 0 bridgehead atoms. The van der Waals surface area contributed by atoms with Gasteiger partial charge in [0.25, 0.3) is 8.32 Å². The van der Waals surface area contributed by atoms with Crippen molar-refractivity contribution in [2.75, 3.05) is 31.6 Å². The SMILES string of the molecule is Cc1noc(C)c1-c1nc(-c2c(Cl)ccc(OCCCCOC(N)=O)c2O[Si](C)(C)C(C)(C)C)nc(N[C@@H]2CCN(C3CC3)C[C@H]2F)c1C. The largest absolute Gasteiger partial charge is 0.540 e. The Morgan fingerprint density at radius 1 is 1.12 bits per heavy atom. The number of likely N-dealkylation sites (tertiary alicyclic amines) is 1. The van der Waals surface area contributed by atoms with Crippen molar-refractivity contribution in [2.45, 2.75) is 110 Å². The monoisotopic (exact) mass is 716 g/mol. The fraction of sp³-hybridized carbons (Fsp3) is 0.600. The van der Waals surface area contributed by atoms with Crippen LogP contribution in [0.3, 0.4) is 0 Å². The normalized spacial score (nSPS) is 18.7. The number of anilines is 1. The van der Waals surface area contributed by atoms with Crippen LogP contribution in [-0.4, -0.2) is 79.0 Å². The Hall–Kier alpha value is -3.42. The zero-order valence-corrected chi connectivity index (χ0v) is 31.7. The van der Waals surface area contributed by atoms with Crippen molar-refractivity contribution in [3.8, 4) is 34.1 Å². The maximum atomic E-state index is 15.7. The Kier molecular flexibility index (Phi) is 11.1. The lowest BCUT2D eigenvalue weighted by atomic mass is 10.0. The van der Waals surface area contributed by atoms with Gasteiger partial charge in [-0.3, -0.25) is 4.90 Å². The second kappa shape index (κ2) is 14.8. The second-order valence-corrected chi connectivity index (χ2v) is 19.8. The summed E-state index contributed by atoms with van der Waals surface area (Å²) in [5.41, 5.74) is 8.37. The molecule has 2 aliphatic rings. The number of nitrogens with zero attached hydrogens (tertiary/aromatic N) is 4. The van der Waals surface area contributed by atoms with Crippen molar-refractivity contribution in [3.63, 3.8) is 0 Å². The van der Waals surface area contributed by atoms with E-state index in [0.29, 0.717) is 89.3 Å². The number of hydrogen-bond acceptors (Lipinski definition) is 10. The van der Waals surface area contributed by atoms with Crippen LogP contribution in [0.2, 0.25) is 23.2 Å². The number of aryl methyl sites for hydroxylation is 2. The van der Waals surface area contributed by atoms with Gasteiger partial charge in [0.15, 0.2) is 17.3 Å². The minimum atomic E-state index is -2.46. The number of aromatic nitrogens is 3. The molecule has 3 heterocycles. The van der Waals surface area contributed by atoms with Crippen LogP contribution in [-0.2, 0) is 4.74 Å². The third-order valence-electron chi connectivity index (χ3n) is 9.87. The first kappa shape index (κ1) is 36.8. The molecule has 0 radical (unpaired) electrons. The van der Waals surface area contributed by atoms with E-state index in [2.05, 4.69) is 49.2 Å². The van der Waals surface area contributed by atoms with Crippen LogP contribution in [0, 0.1) is 20.8 Å². The highest BCUT2D eigenvalue weighted by atomic mass is 35.5. The first-order valence-electron chi connectivity index (χ1n) is 17.1. The highest BCUT2D eigenvalue weighted by Gasteiger charge is 2.41. The second-order valence-electron chi connectivity index (χ2n) is 14.7. The van der Waals surface area contributed by atoms with Crippen LogP contribution in [0.5, 0.6) is 11.5 Å². The number of benzene rings is 1. The van der Waals surface area contributed by atoms with Crippen molar-refractivity contribution >= 4 is 31.8 Å². The molecule has 11 nitrogen and oxygen atoms in total. The van der Waals surface area contributed by atoms with Gasteiger partial charge in [0.2, 0.25) is 0 Å². The lowest BCUT2D eigenvalue weighted by molar-refractivity contribution is 0.120. The van der Waals surface area contributed by atoms with Crippen LogP contribution >= 0.6 is 11.6 Å². The maximum absolute atomic E-state index is 15.7. The van der Waals surface area contributed by atoms with Gasteiger partial charge in [0.05, 0.1) is 46.8 Å². The standard InChI is InChI=1S/C35H50ClFN6O5Si/c1-20-30(28-21(2)42-47-22(28)3)40-33(41-32(20)39-26-15-16-43(19-25(26)37)23-11-12-23)29-24(36)13-14-27(45-17-9-10-18-46-34(38)44)31(29)48-49(7,8)35(4,5)6/h13-14,23,25-26H,9-12,15-19H2,1-8H3,(H2,38,44)(H,39,40,41)/t25-,26-/m1/s1. The number of primary amides is 1. The fourth-order valence-electron chi connectivity index (χ4n) is 5.80. The average Bonchev–Trinajstić information content (AvgIpc) is 3.81. The predicted octanol–water partition coefficient (Wildman–Crippen LogP) is 8.00. The van der Waals surface area contributed by atoms with Crippen LogP contribution in [0.4, 0.5) is 15.0 Å². The molecule has 0 unspecified atom stereocenters. The van der Waals surface area contributed by atoms with E-state index in [1.165, 1.54) is 0 Å². The topological polar surface area (TPSA) is 138 Å². The Labute approximate surface area is 294 Å². The number of amides is 1. The van der Waals surface area contributed by atoms with Crippen LogP contribution in [0.15, 0.2) is 16.7 Å². The van der Waals surface area contributed by atoms with Crippen LogP contribution < -0.4 is 20.2 Å². The van der Waals surface area contributed by atoms with E-state index in [1.54, 1.807) is 12.1 Å².